The summed E-state index contributed by atoms with van der Waals surface area (Å²) in [6, 6.07) is 4.24. The molecule has 0 aliphatic heterocycles. The fourth-order valence-corrected chi connectivity index (χ4v) is 1.82. The van der Waals surface area contributed by atoms with Crippen LogP contribution in [0.1, 0.15) is 18.3 Å². The topological polar surface area (TPSA) is 56.7 Å². The Morgan fingerprint density at radius 1 is 1.29 bits per heavy atom. The van der Waals surface area contributed by atoms with E-state index in [1.54, 1.807) is 0 Å². The van der Waals surface area contributed by atoms with Crippen LogP contribution in [0.2, 0.25) is 0 Å². The average molecular weight is 230 g/mol. The van der Waals surface area contributed by atoms with Crippen molar-refractivity contribution in [2.75, 3.05) is 0 Å². The van der Waals surface area contributed by atoms with Gasteiger partial charge in [-0.3, -0.25) is 4.98 Å². The fraction of sp³-hybridized carbons (Fsp3) is 0.385. The van der Waals surface area contributed by atoms with Gasteiger partial charge < -0.3 is 10.3 Å². The number of hydrogen-bond donors (Lipinski definition) is 1. The van der Waals surface area contributed by atoms with Crippen LogP contribution < -0.4 is 5.73 Å². The highest BCUT2D eigenvalue weighted by Gasteiger charge is 2.05. The first kappa shape index (κ1) is 11.8. The zero-order valence-corrected chi connectivity index (χ0v) is 10.1. The fourth-order valence-electron chi connectivity index (χ4n) is 1.82. The van der Waals surface area contributed by atoms with Crippen molar-refractivity contribution >= 4 is 0 Å². The minimum Gasteiger partial charge on any atom is -0.335 e. The molecule has 1 atom stereocenters. The predicted molar refractivity (Wildman–Crippen MR) is 67.5 cm³/mol. The molecule has 0 aliphatic carbocycles. The molecule has 2 rings (SSSR count). The molecule has 0 aliphatic rings. The summed E-state index contributed by atoms with van der Waals surface area (Å²) in [6.07, 6.45) is 9.32. The highest BCUT2D eigenvalue weighted by atomic mass is 15.1. The third-order valence-electron chi connectivity index (χ3n) is 2.70. The normalized spacial score (nSPS) is 12.6. The van der Waals surface area contributed by atoms with Crippen LogP contribution in [0.3, 0.4) is 0 Å². The van der Waals surface area contributed by atoms with Gasteiger partial charge in [-0.15, -0.1) is 0 Å². The van der Waals surface area contributed by atoms with Gasteiger partial charge in [0.2, 0.25) is 0 Å². The molecule has 0 fully saturated rings. The van der Waals surface area contributed by atoms with E-state index in [4.69, 9.17) is 5.73 Å². The van der Waals surface area contributed by atoms with Crippen LogP contribution in [0, 0.1) is 0 Å². The summed E-state index contributed by atoms with van der Waals surface area (Å²) in [6.45, 7) is 2.94. The van der Waals surface area contributed by atoms with E-state index in [0.29, 0.717) is 0 Å². The summed E-state index contributed by atoms with van der Waals surface area (Å²) < 4.78 is 2.17. The van der Waals surface area contributed by atoms with Crippen molar-refractivity contribution in [2.45, 2.75) is 32.4 Å². The predicted octanol–water partition coefficient (Wildman–Crippen LogP) is 1.41. The summed E-state index contributed by atoms with van der Waals surface area (Å²) in [5, 5.41) is 0. The number of imidazole rings is 1. The van der Waals surface area contributed by atoms with Crippen LogP contribution in [0.15, 0.2) is 36.9 Å². The molecule has 2 heterocycles. The average Bonchev–Trinajstić information content (AvgIpc) is 2.74. The molecule has 0 saturated carbocycles. The highest BCUT2D eigenvalue weighted by molar-refractivity contribution is 5.10. The molecule has 0 bridgehead atoms. The van der Waals surface area contributed by atoms with E-state index >= 15 is 0 Å². The lowest BCUT2D eigenvalue weighted by Crippen LogP contribution is -2.20. The van der Waals surface area contributed by atoms with Gasteiger partial charge in [0.05, 0.1) is 0 Å². The summed E-state index contributed by atoms with van der Waals surface area (Å²) in [5.74, 6) is 1.06. The van der Waals surface area contributed by atoms with Crippen molar-refractivity contribution in [1.82, 2.24) is 14.5 Å². The van der Waals surface area contributed by atoms with Crippen molar-refractivity contribution in [3.05, 3.63) is 48.3 Å². The highest BCUT2D eigenvalue weighted by Crippen LogP contribution is 2.05. The quantitative estimate of drug-likeness (QED) is 0.845. The van der Waals surface area contributed by atoms with Crippen molar-refractivity contribution in [2.24, 2.45) is 5.73 Å². The molecule has 2 aromatic rings. The molecule has 0 saturated heterocycles. The van der Waals surface area contributed by atoms with E-state index in [1.165, 1.54) is 5.56 Å². The summed E-state index contributed by atoms with van der Waals surface area (Å²) in [7, 11) is 0. The number of aryl methyl sites for hydroxylation is 2. The van der Waals surface area contributed by atoms with Gasteiger partial charge in [-0.05, 0) is 31.0 Å². The van der Waals surface area contributed by atoms with Crippen LogP contribution in [0.4, 0.5) is 0 Å². The molecule has 90 valence electrons. The van der Waals surface area contributed by atoms with Crippen molar-refractivity contribution in [1.29, 1.82) is 0 Å². The Morgan fingerprint density at radius 2 is 2.06 bits per heavy atom. The maximum Gasteiger partial charge on any atom is 0.110 e. The van der Waals surface area contributed by atoms with E-state index in [9.17, 15) is 0 Å². The van der Waals surface area contributed by atoms with E-state index in [1.807, 2.05) is 43.8 Å². The van der Waals surface area contributed by atoms with E-state index in [2.05, 4.69) is 14.5 Å². The molecular formula is C13H18N4. The van der Waals surface area contributed by atoms with Crippen LogP contribution in [-0.4, -0.2) is 20.6 Å². The number of aromatic nitrogens is 3. The van der Waals surface area contributed by atoms with Gasteiger partial charge in [0, 0.05) is 43.8 Å². The van der Waals surface area contributed by atoms with Crippen molar-refractivity contribution in [3.63, 3.8) is 0 Å². The van der Waals surface area contributed by atoms with Gasteiger partial charge in [-0.1, -0.05) is 0 Å². The third kappa shape index (κ3) is 3.39. The zero-order chi connectivity index (χ0) is 12.1. The molecule has 2 N–H and O–H groups in total. The summed E-state index contributed by atoms with van der Waals surface area (Å²) in [4.78, 5) is 8.35. The molecule has 4 heteroatoms. The largest absolute Gasteiger partial charge is 0.335 e. The Labute approximate surface area is 102 Å². The van der Waals surface area contributed by atoms with Gasteiger partial charge in [0.25, 0.3) is 0 Å². The monoisotopic (exact) mass is 230 g/mol. The zero-order valence-electron chi connectivity index (χ0n) is 10.1. The van der Waals surface area contributed by atoms with Crippen LogP contribution >= 0.6 is 0 Å². The first-order chi connectivity index (χ1) is 8.25. The Bertz CT molecular complexity index is 447. The second kappa shape index (κ2) is 5.59. The molecule has 1 unspecified atom stereocenters. The minimum atomic E-state index is 0.150. The molecule has 0 radical (unpaired) electrons. The van der Waals surface area contributed by atoms with Gasteiger partial charge in [-0.2, -0.15) is 0 Å². The van der Waals surface area contributed by atoms with Crippen LogP contribution in [0.25, 0.3) is 0 Å². The van der Waals surface area contributed by atoms with E-state index in [-0.39, 0.29) is 6.04 Å². The van der Waals surface area contributed by atoms with E-state index < -0.39 is 0 Å². The summed E-state index contributed by atoms with van der Waals surface area (Å²) >= 11 is 0. The van der Waals surface area contributed by atoms with Crippen LogP contribution in [-0.2, 0) is 19.4 Å². The molecule has 4 nitrogen and oxygen atoms in total. The number of nitrogens with two attached hydrogens (primary N) is 1. The first-order valence-electron chi connectivity index (χ1n) is 5.90. The molecule has 0 amide bonds. The Morgan fingerprint density at radius 3 is 2.76 bits per heavy atom. The molecule has 0 aromatic carbocycles. The van der Waals surface area contributed by atoms with Gasteiger partial charge in [0.15, 0.2) is 0 Å². The lowest BCUT2D eigenvalue weighted by atomic mass is 10.2. The standard InChI is InChI=1S/C13H18N4/c1-11(14)10-13-16-7-9-17(13)8-4-12-2-5-15-6-3-12/h2-3,5-7,9,11H,4,8,10,14H2,1H3. The third-order valence-corrected chi connectivity index (χ3v) is 2.70. The molecular weight excluding hydrogens is 212 g/mol. The van der Waals surface area contributed by atoms with Crippen LogP contribution in [0.5, 0.6) is 0 Å². The Kier molecular flexibility index (Phi) is 3.88. The van der Waals surface area contributed by atoms with Crippen molar-refractivity contribution < 1.29 is 0 Å². The SMILES string of the molecule is CC(N)Cc1nccn1CCc1ccncc1. The number of rotatable bonds is 5. The number of nitrogens with zero attached hydrogens (tertiary/aromatic N) is 3. The maximum atomic E-state index is 5.80. The Hall–Kier alpha value is -1.68. The first-order valence-corrected chi connectivity index (χ1v) is 5.90. The second-order valence-electron chi connectivity index (χ2n) is 4.32. The van der Waals surface area contributed by atoms with Crippen molar-refractivity contribution in [3.8, 4) is 0 Å². The smallest absolute Gasteiger partial charge is 0.110 e. The maximum absolute atomic E-state index is 5.80. The van der Waals surface area contributed by atoms with E-state index in [0.717, 1.165) is 25.2 Å². The van der Waals surface area contributed by atoms with Gasteiger partial charge >= 0.3 is 0 Å². The molecule has 2 aromatic heterocycles. The lowest BCUT2D eigenvalue weighted by molar-refractivity contribution is 0.612. The molecule has 0 spiro atoms. The minimum absolute atomic E-state index is 0.150. The summed E-state index contributed by atoms with van der Waals surface area (Å²) in [5.41, 5.74) is 7.09. The number of hydrogen-bond acceptors (Lipinski definition) is 3. The van der Waals surface area contributed by atoms with Gasteiger partial charge in [-0.25, -0.2) is 4.98 Å². The number of pyridine rings is 1. The second-order valence-corrected chi connectivity index (χ2v) is 4.32. The Balaban J connectivity index is 1.97. The molecule has 17 heavy (non-hydrogen) atoms. The van der Waals surface area contributed by atoms with Gasteiger partial charge in [0.1, 0.15) is 5.82 Å². The lowest BCUT2D eigenvalue weighted by Gasteiger charge is -2.09.